The van der Waals surface area contributed by atoms with Crippen molar-refractivity contribution in [2.75, 3.05) is 19.8 Å². The van der Waals surface area contributed by atoms with Crippen molar-refractivity contribution >= 4 is 17.7 Å². The molecular formula is C16H23NO2S. The molecule has 2 rings (SSSR count). The summed E-state index contributed by atoms with van der Waals surface area (Å²) in [6, 6.07) is 10.0. The number of hydrogen-bond donors (Lipinski definition) is 1. The van der Waals surface area contributed by atoms with Crippen LogP contribution < -0.4 is 5.32 Å². The van der Waals surface area contributed by atoms with Gasteiger partial charge in [0, 0.05) is 24.7 Å². The van der Waals surface area contributed by atoms with Gasteiger partial charge in [-0.25, -0.2) is 0 Å². The Morgan fingerprint density at radius 2 is 2.15 bits per heavy atom. The molecule has 1 atom stereocenters. The first-order chi connectivity index (χ1) is 9.75. The lowest BCUT2D eigenvalue weighted by molar-refractivity contribution is -0.120. The standard InChI is InChI=1S/C16H23NO2S/c1-13(20-15-6-3-2-4-7-15)16(18)17-10-5-11-19-12-14-8-9-14/h2-4,6-7,13-14H,5,8-12H2,1H3,(H,17,18). The molecule has 1 aromatic carbocycles. The fraction of sp³-hybridized carbons (Fsp3) is 0.562. The lowest BCUT2D eigenvalue weighted by Gasteiger charge is -2.12. The van der Waals surface area contributed by atoms with Gasteiger partial charge in [-0.05, 0) is 44.2 Å². The Morgan fingerprint density at radius 3 is 2.85 bits per heavy atom. The van der Waals surface area contributed by atoms with Crippen LogP contribution in [0.5, 0.6) is 0 Å². The number of rotatable bonds is 9. The van der Waals surface area contributed by atoms with Crippen LogP contribution in [0, 0.1) is 5.92 Å². The number of carbonyl (C=O) groups is 1. The minimum Gasteiger partial charge on any atom is -0.381 e. The average molecular weight is 293 g/mol. The predicted molar refractivity (Wildman–Crippen MR) is 82.9 cm³/mol. The second-order valence-corrected chi connectivity index (χ2v) is 6.65. The summed E-state index contributed by atoms with van der Waals surface area (Å²) in [6.07, 6.45) is 3.54. The average Bonchev–Trinajstić information content (AvgIpc) is 3.27. The van der Waals surface area contributed by atoms with E-state index in [1.165, 1.54) is 12.8 Å². The highest BCUT2D eigenvalue weighted by atomic mass is 32.2. The molecule has 1 aromatic rings. The van der Waals surface area contributed by atoms with Crippen molar-refractivity contribution in [1.29, 1.82) is 0 Å². The van der Waals surface area contributed by atoms with Crippen molar-refractivity contribution < 1.29 is 9.53 Å². The summed E-state index contributed by atoms with van der Waals surface area (Å²) in [5, 5.41) is 2.90. The Morgan fingerprint density at radius 1 is 1.40 bits per heavy atom. The van der Waals surface area contributed by atoms with Crippen molar-refractivity contribution in [2.24, 2.45) is 5.92 Å². The molecule has 20 heavy (non-hydrogen) atoms. The molecule has 3 nitrogen and oxygen atoms in total. The van der Waals surface area contributed by atoms with Crippen LogP contribution in [0.4, 0.5) is 0 Å². The van der Waals surface area contributed by atoms with Gasteiger partial charge in [0.15, 0.2) is 0 Å². The van der Waals surface area contributed by atoms with Gasteiger partial charge >= 0.3 is 0 Å². The van der Waals surface area contributed by atoms with Crippen LogP contribution >= 0.6 is 11.8 Å². The van der Waals surface area contributed by atoms with E-state index in [1.807, 2.05) is 37.3 Å². The molecule has 1 aliphatic carbocycles. The second kappa shape index (κ2) is 8.32. The summed E-state index contributed by atoms with van der Waals surface area (Å²) < 4.78 is 5.54. The van der Waals surface area contributed by atoms with Crippen LogP contribution in [0.1, 0.15) is 26.2 Å². The summed E-state index contributed by atoms with van der Waals surface area (Å²) >= 11 is 1.59. The summed E-state index contributed by atoms with van der Waals surface area (Å²) in [4.78, 5) is 13.1. The molecule has 1 N–H and O–H groups in total. The Hall–Kier alpha value is -1.00. The van der Waals surface area contributed by atoms with Gasteiger partial charge in [-0.1, -0.05) is 18.2 Å². The normalized spacial score (nSPS) is 15.8. The summed E-state index contributed by atoms with van der Waals surface area (Å²) in [5.41, 5.74) is 0. The lowest BCUT2D eigenvalue weighted by atomic mass is 10.4. The first-order valence-corrected chi connectivity index (χ1v) is 8.21. The molecule has 1 aliphatic rings. The second-order valence-electron chi connectivity index (χ2n) is 5.24. The van der Waals surface area contributed by atoms with Gasteiger partial charge in [-0.3, -0.25) is 4.79 Å². The molecule has 0 saturated heterocycles. The molecule has 1 fully saturated rings. The number of ether oxygens (including phenoxy) is 1. The molecule has 1 amide bonds. The Kier molecular flexibility index (Phi) is 6.40. The van der Waals surface area contributed by atoms with E-state index in [0.29, 0.717) is 6.54 Å². The minimum absolute atomic E-state index is 0.0650. The highest BCUT2D eigenvalue weighted by Gasteiger charge is 2.20. The van der Waals surface area contributed by atoms with Gasteiger partial charge in [0.1, 0.15) is 0 Å². The van der Waals surface area contributed by atoms with Crippen molar-refractivity contribution in [3.8, 4) is 0 Å². The molecule has 0 aliphatic heterocycles. The number of amides is 1. The van der Waals surface area contributed by atoms with E-state index in [9.17, 15) is 4.79 Å². The third-order valence-electron chi connectivity index (χ3n) is 3.24. The fourth-order valence-electron chi connectivity index (χ4n) is 1.82. The van der Waals surface area contributed by atoms with Crippen LogP contribution in [0.3, 0.4) is 0 Å². The summed E-state index contributed by atoms with van der Waals surface area (Å²) in [7, 11) is 0. The number of hydrogen-bond acceptors (Lipinski definition) is 3. The van der Waals surface area contributed by atoms with E-state index in [1.54, 1.807) is 11.8 Å². The van der Waals surface area contributed by atoms with E-state index in [-0.39, 0.29) is 11.2 Å². The molecule has 1 unspecified atom stereocenters. The zero-order valence-corrected chi connectivity index (χ0v) is 12.8. The molecular weight excluding hydrogens is 270 g/mol. The van der Waals surface area contributed by atoms with Gasteiger partial charge in [0.2, 0.25) is 5.91 Å². The van der Waals surface area contributed by atoms with E-state index in [2.05, 4.69) is 5.32 Å². The topological polar surface area (TPSA) is 38.3 Å². The van der Waals surface area contributed by atoms with Crippen LogP contribution in [0.25, 0.3) is 0 Å². The monoisotopic (exact) mass is 293 g/mol. The van der Waals surface area contributed by atoms with E-state index >= 15 is 0 Å². The Bertz CT molecular complexity index is 406. The van der Waals surface area contributed by atoms with Crippen molar-refractivity contribution in [3.05, 3.63) is 30.3 Å². The van der Waals surface area contributed by atoms with Crippen molar-refractivity contribution in [3.63, 3.8) is 0 Å². The number of benzene rings is 1. The minimum atomic E-state index is -0.0650. The van der Waals surface area contributed by atoms with E-state index in [0.717, 1.165) is 30.4 Å². The Balaban J connectivity index is 1.54. The number of thioether (sulfide) groups is 1. The highest BCUT2D eigenvalue weighted by Crippen LogP contribution is 2.28. The lowest BCUT2D eigenvalue weighted by Crippen LogP contribution is -2.32. The number of nitrogens with one attached hydrogen (secondary N) is 1. The zero-order valence-electron chi connectivity index (χ0n) is 12.0. The maximum absolute atomic E-state index is 11.9. The maximum atomic E-state index is 11.9. The first-order valence-electron chi connectivity index (χ1n) is 7.33. The first kappa shape index (κ1) is 15.4. The molecule has 0 spiro atoms. The third kappa shape index (κ3) is 5.97. The molecule has 0 aromatic heterocycles. The van der Waals surface area contributed by atoms with Gasteiger partial charge in [0.25, 0.3) is 0 Å². The SMILES string of the molecule is CC(Sc1ccccc1)C(=O)NCCCOCC1CC1. The van der Waals surface area contributed by atoms with Crippen molar-refractivity contribution in [2.45, 2.75) is 36.3 Å². The molecule has 1 saturated carbocycles. The van der Waals surface area contributed by atoms with Crippen LogP contribution in [0.2, 0.25) is 0 Å². The fourth-order valence-corrected chi connectivity index (χ4v) is 2.73. The van der Waals surface area contributed by atoms with Crippen molar-refractivity contribution in [1.82, 2.24) is 5.32 Å². The summed E-state index contributed by atoms with van der Waals surface area (Å²) in [5.74, 6) is 0.910. The van der Waals surface area contributed by atoms with E-state index < -0.39 is 0 Å². The predicted octanol–water partition coefficient (Wildman–Crippen LogP) is 3.10. The molecule has 0 radical (unpaired) electrons. The maximum Gasteiger partial charge on any atom is 0.233 e. The molecule has 0 bridgehead atoms. The van der Waals surface area contributed by atoms with Crippen LogP contribution in [-0.2, 0) is 9.53 Å². The quantitative estimate of drug-likeness (QED) is 0.561. The van der Waals surface area contributed by atoms with Gasteiger partial charge in [-0.2, -0.15) is 0 Å². The molecule has 0 heterocycles. The van der Waals surface area contributed by atoms with E-state index in [4.69, 9.17) is 4.74 Å². The third-order valence-corrected chi connectivity index (χ3v) is 4.35. The molecule has 4 heteroatoms. The molecule has 110 valence electrons. The smallest absolute Gasteiger partial charge is 0.233 e. The zero-order chi connectivity index (χ0) is 14.2. The van der Waals surface area contributed by atoms with Gasteiger partial charge in [0.05, 0.1) is 5.25 Å². The highest BCUT2D eigenvalue weighted by molar-refractivity contribution is 8.00. The van der Waals surface area contributed by atoms with Crippen LogP contribution in [0.15, 0.2) is 35.2 Å². The summed E-state index contributed by atoms with van der Waals surface area (Å²) in [6.45, 7) is 4.28. The van der Waals surface area contributed by atoms with Gasteiger partial charge < -0.3 is 10.1 Å². The Labute approximate surface area is 125 Å². The van der Waals surface area contributed by atoms with Gasteiger partial charge in [-0.15, -0.1) is 11.8 Å². The van der Waals surface area contributed by atoms with Crippen LogP contribution in [-0.4, -0.2) is 30.9 Å². The largest absolute Gasteiger partial charge is 0.381 e. The number of carbonyl (C=O) groups excluding carboxylic acids is 1.